The molecule has 1 saturated carbocycles. The second-order valence-electron chi connectivity index (χ2n) is 4.19. The van der Waals surface area contributed by atoms with Crippen LogP contribution in [0.15, 0.2) is 42.5 Å². The van der Waals surface area contributed by atoms with E-state index in [1.807, 2.05) is 30.3 Å². The van der Waals surface area contributed by atoms with E-state index in [1.54, 1.807) is 0 Å². The van der Waals surface area contributed by atoms with Crippen molar-refractivity contribution in [2.45, 2.75) is 19.4 Å². The molecule has 0 atom stereocenters. The normalized spacial score (nSPS) is 14.5. The lowest BCUT2D eigenvalue weighted by atomic mass is 9.82. The highest BCUT2D eigenvalue weighted by atomic mass is 16.5. The van der Waals surface area contributed by atoms with E-state index < -0.39 is 5.97 Å². The second-order valence-corrected chi connectivity index (χ2v) is 4.19. The summed E-state index contributed by atoms with van der Waals surface area (Å²) < 4.78 is 5.04. The van der Waals surface area contributed by atoms with Crippen LogP contribution in [-0.2, 0) is 16.1 Å². The Balaban J connectivity index is 1.76. The summed E-state index contributed by atoms with van der Waals surface area (Å²) in [6, 6.07) is 9.57. The minimum atomic E-state index is -0.452. The zero-order chi connectivity index (χ0) is 12.1. The van der Waals surface area contributed by atoms with Crippen LogP contribution in [0.25, 0.3) is 0 Å². The maximum atomic E-state index is 11.3. The Morgan fingerprint density at radius 3 is 2.71 bits per heavy atom. The summed E-state index contributed by atoms with van der Waals surface area (Å²) in [6.07, 6.45) is 1.83. The summed E-state index contributed by atoms with van der Waals surface area (Å²) in [6.45, 7) is 4.11. The van der Waals surface area contributed by atoms with E-state index in [0.29, 0.717) is 5.92 Å². The largest absolute Gasteiger partial charge is 0.451 e. The van der Waals surface area contributed by atoms with E-state index in [0.717, 1.165) is 18.4 Å². The molecule has 17 heavy (non-hydrogen) atoms. The lowest BCUT2D eigenvalue weighted by Crippen LogP contribution is -2.12. The molecule has 0 heterocycles. The molecule has 2 rings (SSSR count). The third-order valence-electron chi connectivity index (χ3n) is 2.66. The van der Waals surface area contributed by atoms with Crippen LogP contribution in [0.3, 0.4) is 0 Å². The zero-order valence-electron chi connectivity index (χ0n) is 9.61. The highest BCUT2D eigenvalue weighted by Crippen LogP contribution is 2.30. The van der Waals surface area contributed by atoms with Gasteiger partial charge in [-0.2, -0.15) is 0 Å². The standard InChI is InChI=1S/C15H14O2/c1-12-9-14(10-12)7-8-15(16)17-11-13-5-3-2-4-6-13/h2-6,14H,1,9-11H2. The fourth-order valence-corrected chi connectivity index (χ4v) is 1.66. The summed E-state index contributed by atoms with van der Waals surface area (Å²) >= 11 is 0. The van der Waals surface area contributed by atoms with Crippen LogP contribution < -0.4 is 0 Å². The van der Waals surface area contributed by atoms with Crippen molar-refractivity contribution in [1.82, 2.24) is 0 Å². The summed E-state index contributed by atoms with van der Waals surface area (Å²) in [4.78, 5) is 11.3. The van der Waals surface area contributed by atoms with Gasteiger partial charge in [0.2, 0.25) is 0 Å². The highest BCUT2D eigenvalue weighted by molar-refractivity contribution is 5.88. The Morgan fingerprint density at radius 2 is 2.06 bits per heavy atom. The van der Waals surface area contributed by atoms with Crippen molar-refractivity contribution in [1.29, 1.82) is 0 Å². The molecule has 0 bridgehead atoms. The maximum Gasteiger partial charge on any atom is 0.384 e. The van der Waals surface area contributed by atoms with Gasteiger partial charge in [-0.1, -0.05) is 48.4 Å². The Kier molecular flexibility index (Phi) is 3.62. The molecule has 1 aliphatic carbocycles. The molecule has 1 fully saturated rings. The van der Waals surface area contributed by atoms with Gasteiger partial charge in [0.15, 0.2) is 0 Å². The van der Waals surface area contributed by atoms with E-state index in [9.17, 15) is 4.79 Å². The summed E-state index contributed by atoms with van der Waals surface area (Å²) in [7, 11) is 0. The van der Waals surface area contributed by atoms with Crippen molar-refractivity contribution < 1.29 is 9.53 Å². The van der Waals surface area contributed by atoms with E-state index in [4.69, 9.17) is 4.74 Å². The smallest absolute Gasteiger partial charge is 0.384 e. The molecule has 2 nitrogen and oxygen atoms in total. The Morgan fingerprint density at radius 1 is 1.35 bits per heavy atom. The zero-order valence-corrected chi connectivity index (χ0v) is 9.61. The Labute approximate surface area is 101 Å². The Bertz CT molecular complexity index is 469. The molecule has 0 spiro atoms. The summed E-state index contributed by atoms with van der Waals surface area (Å²) in [5.74, 6) is 5.27. The first-order valence-corrected chi connectivity index (χ1v) is 5.63. The van der Waals surface area contributed by atoms with Gasteiger partial charge in [0.05, 0.1) is 0 Å². The van der Waals surface area contributed by atoms with Gasteiger partial charge in [-0.05, 0) is 18.4 Å². The molecule has 1 aliphatic rings. The lowest BCUT2D eigenvalue weighted by molar-refractivity contribution is -0.137. The van der Waals surface area contributed by atoms with Crippen LogP contribution in [0, 0.1) is 17.8 Å². The Hall–Kier alpha value is -2.01. The molecular formula is C15H14O2. The molecule has 0 aliphatic heterocycles. The van der Waals surface area contributed by atoms with Crippen LogP contribution in [0.4, 0.5) is 0 Å². The van der Waals surface area contributed by atoms with Crippen molar-refractivity contribution in [3.05, 3.63) is 48.0 Å². The fraction of sp³-hybridized carbons (Fsp3) is 0.267. The minimum absolute atomic E-state index is 0.283. The molecule has 0 radical (unpaired) electrons. The molecule has 1 aromatic rings. The molecule has 2 heteroatoms. The number of allylic oxidation sites excluding steroid dienone is 1. The topological polar surface area (TPSA) is 26.3 Å². The van der Waals surface area contributed by atoms with Gasteiger partial charge in [-0.15, -0.1) is 0 Å². The van der Waals surface area contributed by atoms with Gasteiger partial charge in [-0.25, -0.2) is 4.79 Å². The number of hydrogen-bond acceptors (Lipinski definition) is 2. The number of carbonyl (C=O) groups excluding carboxylic acids is 1. The number of esters is 1. The number of rotatable bonds is 2. The van der Waals surface area contributed by atoms with E-state index >= 15 is 0 Å². The third-order valence-corrected chi connectivity index (χ3v) is 2.66. The number of carbonyl (C=O) groups is 1. The molecule has 0 saturated heterocycles. The molecule has 0 unspecified atom stereocenters. The first kappa shape index (κ1) is 11.5. The van der Waals surface area contributed by atoms with Crippen LogP contribution >= 0.6 is 0 Å². The first-order valence-electron chi connectivity index (χ1n) is 5.63. The van der Waals surface area contributed by atoms with Crippen LogP contribution in [-0.4, -0.2) is 5.97 Å². The average molecular weight is 226 g/mol. The van der Waals surface area contributed by atoms with E-state index in [1.165, 1.54) is 5.57 Å². The second kappa shape index (κ2) is 5.36. The van der Waals surface area contributed by atoms with Gasteiger partial charge in [0.25, 0.3) is 0 Å². The van der Waals surface area contributed by atoms with Crippen LogP contribution in [0.5, 0.6) is 0 Å². The van der Waals surface area contributed by atoms with Crippen molar-refractivity contribution in [2.24, 2.45) is 5.92 Å². The lowest BCUT2D eigenvalue weighted by Gasteiger charge is -2.22. The SMILES string of the molecule is C=C1CC(C#CC(=O)OCc2ccccc2)C1. The van der Waals surface area contributed by atoms with Crippen LogP contribution in [0.2, 0.25) is 0 Å². The summed E-state index contributed by atoms with van der Waals surface area (Å²) in [5.41, 5.74) is 2.18. The molecular weight excluding hydrogens is 212 g/mol. The van der Waals surface area contributed by atoms with Gasteiger partial charge in [0.1, 0.15) is 6.61 Å². The van der Waals surface area contributed by atoms with Crippen molar-refractivity contribution >= 4 is 5.97 Å². The van der Waals surface area contributed by atoms with Crippen molar-refractivity contribution in [3.8, 4) is 11.8 Å². The predicted octanol–water partition coefficient (Wildman–Crippen LogP) is 2.70. The van der Waals surface area contributed by atoms with E-state index in [-0.39, 0.29) is 6.61 Å². The maximum absolute atomic E-state index is 11.3. The van der Waals surface area contributed by atoms with Gasteiger partial charge >= 0.3 is 5.97 Å². The summed E-state index contributed by atoms with van der Waals surface area (Å²) in [5, 5.41) is 0. The van der Waals surface area contributed by atoms with Crippen molar-refractivity contribution in [3.63, 3.8) is 0 Å². The minimum Gasteiger partial charge on any atom is -0.451 e. The van der Waals surface area contributed by atoms with Gasteiger partial charge in [-0.3, -0.25) is 0 Å². The van der Waals surface area contributed by atoms with Gasteiger partial charge in [0, 0.05) is 11.8 Å². The number of hydrogen-bond donors (Lipinski definition) is 0. The predicted molar refractivity (Wildman–Crippen MR) is 65.9 cm³/mol. The third kappa shape index (κ3) is 3.49. The molecule has 86 valence electrons. The van der Waals surface area contributed by atoms with E-state index in [2.05, 4.69) is 18.4 Å². The van der Waals surface area contributed by atoms with Crippen molar-refractivity contribution in [2.75, 3.05) is 0 Å². The first-order chi connectivity index (χ1) is 8.24. The molecule has 0 aromatic heterocycles. The fourth-order valence-electron chi connectivity index (χ4n) is 1.66. The molecule has 0 amide bonds. The van der Waals surface area contributed by atoms with Crippen LogP contribution in [0.1, 0.15) is 18.4 Å². The quantitative estimate of drug-likeness (QED) is 0.335. The number of benzene rings is 1. The molecule has 1 aromatic carbocycles. The highest BCUT2D eigenvalue weighted by Gasteiger charge is 2.18. The van der Waals surface area contributed by atoms with Gasteiger partial charge < -0.3 is 4.74 Å². The number of ether oxygens (including phenoxy) is 1. The molecule has 0 N–H and O–H groups in total. The monoisotopic (exact) mass is 226 g/mol. The average Bonchev–Trinajstić information content (AvgIpc) is 2.32.